The first-order valence-corrected chi connectivity index (χ1v) is 8.46. The van der Waals surface area contributed by atoms with Gasteiger partial charge in [-0.25, -0.2) is 0 Å². The van der Waals surface area contributed by atoms with Crippen molar-refractivity contribution in [2.75, 3.05) is 6.16 Å². The van der Waals surface area contributed by atoms with Crippen LogP contribution in [0.2, 0.25) is 0 Å². The van der Waals surface area contributed by atoms with Crippen molar-refractivity contribution in [1.82, 2.24) is 0 Å². The lowest BCUT2D eigenvalue weighted by Crippen LogP contribution is -2.09. The number of aryl methyl sites for hydroxylation is 1. The Morgan fingerprint density at radius 2 is 2.00 bits per heavy atom. The van der Waals surface area contributed by atoms with Gasteiger partial charge in [0.15, 0.2) is 0 Å². The van der Waals surface area contributed by atoms with Gasteiger partial charge in [0.05, 0.1) is 0 Å². The Morgan fingerprint density at radius 1 is 1.32 bits per heavy atom. The van der Waals surface area contributed by atoms with Crippen LogP contribution in [0.3, 0.4) is 0 Å². The average molecular weight is 272 g/mol. The summed E-state index contributed by atoms with van der Waals surface area (Å²) in [4.78, 5) is 0. The van der Waals surface area contributed by atoms with E-state index in [1.807, 2.05) is 6.08 Å². The van der Waals surface area contributed by atoms with Crippen LogP contribution in [-0.2, 0) is 0 Å². The zero-order valence-electron chi connectivity index (χ0n) is 12.4. The van der Waals surface area contributed by atoms with Gasteiger partial charge in [-0.05, 0) is 50.5 Å². The number of benzene rings is 1. The van der Waals surface area contributed by atoms with Gasteiger partial charge >= 0.3 is 0 Å². The normalized spacial score (nSPS) is 13.1. The van der Waals surface area contributed by atoms with E-state index in [2.05, 4.69) is 64.3 Å². The molecule has 0 nitrogen and oxygen atoms in total. The molecular weight excluding hydrogens is 247 g/mol. The van der Waals surface area contributed by atoms with E-state index < -0.39 is 0 Å². The van der Waals surface area contributed by atoms with Crippen LogP contribution in [0.1, 0.15) is 32.3 Å². The van der Waals surface area contributed by atoms with Gasteiger partial charge in [0.1, 0.15) is 0 Å². The molecule has 0 aromatic heterocycles. The van der Waals surface area contributed by atoms with E-state index in [0.717, 1.165) is 0 Å². The molecule has 0 fully saturated rings. The molecule has 0 aliphatic carbocycles. The lowest BCUT2D eigenvalue weighted by molar-refractivity contribution is 0.893. The van der Waals surface area contributed by atoms with Crippen LogP contribution in [0.5, 0.6) is 0 Å². The summed E-state index contributed by atoms with van der Waals surface area (Å²) in [7, 11) is -0.301. The zero-order valence-corrected chi connectivity index (χ0v) is 13.3. The molecule has 0 radical (unpaired) electrons. The number of hydrogen-bond acceptors (Lipinski definition) is 0. The second-order valence-corrected chi connectivity index (χ2v) is 7.13. The Hall–Kier alpha value is -1.13. The molecule has 1 heteroatoms. The topological polar surface area (TPSA) is 0 Å². The molecule has 102 valence electrons. The fourth-order valence-corrected chi connectivity index (χ4v) is 5.01. The summed E-state index contributed by atoms with van der Waals surface area (Å²) in [6.45, 7) is 14.6. The van der Waals surface area contributed by atoms with Crippen molar-refractivity contribution in [2.24, 2.45) is 0 Å². The third-order valence-corrected chi connectivity index (χ3v) is 6.10. The first-order valence-electron chi connectivity index (χ1n) is 6.93. The van der Waals surface area contributed by atoms with Crippen molar-refractivity contribution in [3.8, 4) is 0 Å². The number of allylic oxidation sites excluding steroid dienone is 4. The molecule has 1 atom stereocenters. The minimum Gasteiger partial charge on any atom is -0.0990 e. The smallest absolute Gasteiger partial charge is 0.0166 e. The lowest BCUT2D eigenvalue weighted by atomic mass is 10.2. The van der Waals surface area contributed by atoms with Crippen LogP contribution in [0.15, 0.2) is 60.5 Å². The van der Waals surface area contributed by atoms with Crippen molar-refractivity contribution >= 4 is 13.2 Å². The fraction of sp³-hybridized carbons (Fsp3) is 0.333. The number of rotatable bonds is 7. The summed E-state index contributed by atoms with van der Waals surface area (Å²) in [5, 5.41) is 2.87. The van der Waals surface area contributed by atoms with Crippen LogP contribution in [0.25, 0.3) is 0 Å². The highest BCUT2D eigenvalue weighted by Gasteiger charge is 2.17. The van der Waals surface area contributed by atoms with Gasteiger partial charge in [0.2, 0.25) is 0 Å². The van der Waals surface area contributed by atoms with Gasteiger partial charge in [-0.3, -0.25) is 0 Å². The third kappa shape index (κ3) is 4.48. The zero-order chi connectivity index (χ0) is 14.3. The average Bonchev–Trinajstić information content (AvgIpc) is 2.39. The summed E-state index contributed by atoms with van der Waals surface area (Å²) < 4.78 is 0. The van der Waals surface area contributed by atoms with E-state index in [1.54, 1.807) is 0 Å². The Balaban J connectivity index is 3.20. The predicted octanol–water partition coefficient (Wildman–Crippen LogP) is 5.55. The number of hydrogen-bond donors (Lipinski definition) is 0. The molecule has 1 aromatic rings. The maximum Gasteiger partial charge on any atom is -0.0166 e. The quantitative estimate of drug-likeness (QED) is 0.451. The summed E-state index contributed by atoms with van der Waals surface area (Å²) in [6, 6.07) is 8.74. The predicted molar refractivity (Wildman–Crippen MR) is 90.6 cm³/mol. The standard InChI is InChI=1S/C18H25P/c1-6-8-14-19(17(11-7-2)15(3)4)18-13-10-9-12-16(18)5/h7,9-13H,2-3,6,8,14H2,1,4-5H3/b17-11+. The minimum atomic E-state index is -0.301. The van der Waals surface area contributed by atoms with Crippen LogP contribution >= 0.6 is 7.92 Å². The third-order valence-electron chi connectivity index (χ3n) is 3.15. The van der Waals surface area contributed by atoms with Gasteiger partial charge in [-0.1, -0.05) is 68.5 Å². The molecule has 1 rings (SSSR count). The Kier molecular flexibility index (Phi) is 6.81. The Labute approximate surface area is 119 Å². The molecule has 0 bridgehead atoms. The van der Waals surface area contributed by atoms with Gasteiger partial charge in [-0.15, -0.1) is 0 Å². The highest BCUT2D eigenvalue weighted by Crippen LogP contribution is 2.48. The second kappa shape index (κ2) is 8.12. The van der Waals surface area contributed by atoms with E-state index in [1.165, 1.54) is 40.8 Å². The van der Waals surface area contributed by atoms with Crippen molar-refractivity contribution in [3.63, 3.8) is 0 Å². The van der Waals surface area contributed by atoms with Crippen molar-refractivity contribution in [1.29, 1.82) is 0 Å². The van der Waals surface area contributed by atoms with E-state index >= 15 is 0 Å². The highest BCUT2D eigenvalue weighted by atomic mass is 31.1. The number of unbranched alkanes of at least 4 members (excludes halogenated alkanes) is 1. The van der Waals surface area contributed by atoms with Gasteiger partial charge in [-0.2, -0.15) is 0 Å². The van der Waals surface area contributed by atoms with E-state index in [9.17, 15) is 0 Å². The molecule has 0 saturated heterocycles. The summed E-state index contributed by atoms with van der Waals surface area (Å²) in [5.41, 5.74) is 2.56. The molecule has 0 saturated carbocycles. The SMILES string of the molecule is C=C/C=C(\C(=C)C)P(CCCC)c1ccccc1C. The fourth-order valence-electron chi connectivity index (χ4n) is 2.13. The first kappa shape index (κ1) is 15.9. The first-order chi connectivity index (χ1) is 9.11. The maximum absolute atomic E-state index is 4.16. The summed E-state index contributed by atoms with van der Waals surface area (Å²) >= 11 is 0. The Morgan fingerprint density at radius 3 is 2.53 bits per heavy atom. The van der Waals surface area contributed by atoms with E-state index in [-0.39, 0.29) is 7.92 Å². The van der Waals surface area contributed by atoms with Crippen LogP contribution in [-0.4, -0.2) is 6.16 Å². The van der Waals surface area contributed by atoms with E-state index in [4.69, 9.17) is 0 Å². The van der Waals surface area contributed by atoms with Crippen LogP contribution in [0, 0.1) is 6.92 Å². The van der Waals surface area contributed by atoms with Gasteiger partial charge < -0.3 is 0 Å². The molecule has 0 aliphatic heterocycles. The molecule has 0 aliphatic rings. The molecule has 0 amide bonds. The van der Waals surface area contributed by atoms with Gasteiger partial charge in [0.25, 0.3) is 0 Å². The molecule has 19 heavy (non-hydrogen) atoms. The maximum atomic E-state index is 4.16. The molecule has 0 spiro atoms. The Bertz CT molecular complexity index is 468. The monoisotopic (exact) mass is 272 g/mol. The van der Waals surface area contributed by atoms with Crippen molar-refractivity contribution in [3.05, 3.63) is 66.0 Å². The molecule has 0 N–H and O–H groups in total. The second-order valence-electron chi connectivity index (χ2n) is 4.86. The largest absolute Gasteiger partial charge is 0.0990 e. The van der Waals surface area contributed by atoms with Gasteiger partial charge in [0, 0.05) is 0 Å². The van der Waals surface area contributed by atoms with Crippen LogP contribution in [0.4, 0.5) is 0 Å². The highest BCUT2D eigenvalue weighted by molar-refractivity contribution is 7.70. The molecular formula is C18H25P. The summed E-state index contributed by atoms with van der Waals surface area (Å²) in [5.74, 6) is 0. The van der Waals surface area contributed by atoms with Crippen molar-refractivity contribution in [2.45, 2.75) is 33.6 Å². The van der Waals surface area contributed by atoms with E-state index in [0.29, 0.717) is 0 Å². The molecule has 1 unspecified atom stereocenters. The molecule has 1 aromatic carbocycles. The lowest BCUT2D eigenvalue weighted by Gasteiger charge is -2.23. The van der Waals surface area contributed by atoms with Crippen LogP contribution < -0.4 is 5.30 Å². The summed E-state index contributed by atoms with van der Waals surface area (Å²) in [6.07, 6.45) is 7.78. The molecule has 0 heterocycles. The van der Waals surface area contributed by atoms with Crippen molar-refractivity contribution < 1.29 is 0 Å². The minimum absolute atomic E-state index is 0.301.